The van der Waals surface area contributed by atoms with Gasteiger partial charge in [0.15, 0.2) is 0 Å². The number of aromatic nitrogens is 2. The molecule has 0 saturated carbocycles. The first-order chi connectivity index (χ1) is 12.0. The maximum Gasteiger partial charge on any atom is 0.323 e. The van der Waals surface area contributed by atoms with E-state index in [4.69, 9.17) is 10.5 Å². The van der Waals surface area contributed by atoms with Gasteiger partial charge >= 0.3 is 5.97 Å². The van der Waals surface area contributed by atoms with E-state index < -0.39 is 12.0 Å². The number of aryl methyl sites for hydroxylation is 1. The van der Waals surface area contributed by atoms with Gasteiger partial charge in [0, 0.05) is 18.2 Å². The van der Waals surface area contributed by atoms with Crippen molar-refractivity contribution in [1.82, 2.24) is 9.38 Å². The average Bonchev–Trinajstić information content (AvgIpc) is 2.93. The first-order valence-electron chi connectivity index (χ1n) is 8.15. The number of ether oxygens (including phenoxy) is 1. The van der Waals surface area contributed by atoms with Crippen molar-refractivity contribution in [3.63, 3.8) is 0 Å². The lowest BCUT2D eigenvalue weighted by Gasteiger charge is -2.12. The number of hydrogen-bond donors (Lipinski definition) is 1. The molecule has 3 rings (SSSR count). The summed E-state index contributed by atoms with van der Waals surface area (Å²) in [4.78, 5) is 16.6. The molecule has 1 aromatic carbocycles. The number of pyridine rings is 1. The summed E-state index contributed by atoms with van der Waals surface area (Å²) in [5.41, 5.74) is 10.1. The smallest absolute Gasteiger partial charge is 0.323 e. The highest BCUT2D eigenvalue weighted by molar-refractivity contribution is 5.77. The van der Waals surface area contributed by atoms with E-state index in [0.29, 0.717) is 5.69 Å². The molecule has 3 aromatic rings. The third kappa shape index (κ3) is 3.53. The lowest BCUT2D eigenvalue weighted by molar-refractivity contribution is -0.144. The van der Waals surface area contributed by atoms with E-state index in [1.54, 1.807) is 19.1 Å². The SMILES string of the molecule is CCOC(=O)C(N)Cc1c(-c2ccc(F)cc2)nc2cc(C)ccn12. The predicted molar refractivity (Wildman–Crippen MR) is 93.6 cm³/mol. The summed E-state index contributed by atoms with van der Waals surface area (Å²) in [6, 6.07) is 9.24. The van der Waals surface area contributed by atoms with Crippen LogP contribution in [0.3, 0.4) is 0 Å². The third-order valence-corrected chi connectivity index (χ3v) is 4.00. The van der Waals surface area contributed by atoms with E-state index in [2.05, 4.69) is 4.98 Å². The van der Waals surface area contributed by atoms with Crippen LogP contribution in [0.4, 0.5) is 4.39 Å². The molecule has 2 N–H and O–H groups in total. The zero-order valence-corrected chi connectivity index (χ0v) is 14.2. The molecular formula is C19H20FN3O2. The zero-order chi connectivity index (χ0) is 18.0. The highest BCUT2D eigenvalue weighted by atomic mass is 19.1. The molecule has 0 aliphatic carbocycles. The fourth-order valence-corrected chi connectivity index (χ4v) is 2.77. The Bertz CT molecular complexity index is 903. The van der Waals surface area contributed by atoms with Gasteiger partial charge in [0.05, 0.1) is 18.0 Å². The maximum absolute atomic E-state index is 13.3. The average molecular weight is 341 g/mol. The Morgan fingerprint density at radius 1 is 1.32 bits per heavy atom. The summed E-state index contributed by atoms with van der Waals surface area (Å²) in [5.74, 6) is -0.761. The van der Waals surface area contributed by atoms with Gasteiger partial charge in [0.1, 0.15) is 17.5 Å². The lowest BCUT2D eigenvalue weighted by Crippen LogP contribution is -2.34. The molecule has 1 unspecified atom stereocenters. The van der Waals surface area contributed by atoms with E-state index in [0.717, 1.165) is 22.5 Å². The molecular weight excluding hydrogens is 321 g/mol. The second-order valence-corrected chi connectivity index (χ2v) is 5.91. The normalized spacial score (nSPS) is 12.3. The highest BCUT2D eigenvalue weighted by Gasteiger charge is 2.21. The predicted octanol–water partition coefficient (Wildman–Crippen LogP) is 2.88. The number of fused-ring (bicyclic) bond motifs is 1. The molecule has 0 aliphatic heterocycles. The van der Waals surface area contributed by atoms with Crippen LogP contribution in [0.5, 0.6) is 0 Å². The van der Waals surface area contributed by atoms with Gasteiger partial charge in [-0.15, -0.1) is 0 Å². The fraction of sp³-hybridized carbons (Fsp3) is 0.263. The van der Waals surface area contributed by atoms with Crippen LogP contribution in [0.2, 0.25) is 0 Å². The van der Waals surface area contributed by atoms with Crippen molar-refractivity contribution in [2.24, 2.45) is 5.73 Å². The Morgan fingerprint density at radius 2 is 2.04 bits per heavy atom. The summed E-state index contributed by atoms with van der Waals surface area (Å²) < 4.78 is 20.2. The van der Waals surface area contributed by atoms with Crippen LogP contribution in [-0.4, -0.2) is 28.0 Å². The maximum atomic E-state index is 13.3. The Morgan fingerprint density at radius 3 is 2.72 bits per heavy atom. The Hall–Kier alpha value is -2.73. The van der Waals surface area contributed by atoms with Crippen molar-refractivity contribution in [2.45, 2.75) is 26.3 Å². The lowest BCUT2D eigenvalue weighted by atomic mass is 10.1. The van der Waals surface area contributed by atoms with Crippen LogP contribution < -0.4 is 5.73 Å². The topological polar surface area (TPSA) is 69.6 Å². The van der Waals surface area contributed by atoms with Crippen LogP contribution in [0, 0.1) is 12.7 Å². The summed E-state index contributed by atoms with van der Waals surface area (Å²) in [5, 5.41) is 0. The van der Waals surface area contributed by atoms with Crippen molar-refractivity contribution >= 4 is 11.6 Å². The van der Waals surface area contributed by atoms with Crippen molar-refractivity contribution in [3.8, 4) is 11.3 Å². The van der Waals surface area contributed by atoms with Crippen molar-refractivity contribution < 1.29 is 13.9 Å². The third-order valence-electron chi connectivity index (χ3n) is 4.00. The molecule has 0 aliphatic rings. The van der Waals surface area contributed by atoms with Gasteiger partial charge in [-0.3, -0.25) is 4.79 Å². The number of benzene rings is 1. The van der Waals surface area contributed by atoms with Gasteiger partial charge in [-0.25, -0.2) is 9.37 Å². The standard InChI is InChI=1S/C19H20FN3O2/c1-3-25-19(24)15(21)11-16-18(13-4-6-14(20)7-5-13)22-17-10-12(2)8-9-23(16)17/h4-10,15H,3,11,21H2,1-2H3. The van der Waals surface area contributed by atoms with Crippen molar-refractivity contribution in [1.29, 1.82) is 0 Å². The molecule has 0 spiro atoms. The minimum Gasteiger partial charge on any atom is -0.465 e. The van der Waals surface area contributed by atoms with E-state index in [-0.39, 0.29) is 18.8 Å². The molecule has 2 aromatic heterocycles. The molecule has 0 fully saturated rings. The molecule has 2 heterocycles. The van der Waals surface area contributed by atoms with Crippen LogP contribution in [0.1, 0.15) is 18.2 Å². The number of esters is 1. The fourth-order valence-electron chi connectivity index (χ4n) is 2.77. The number of nitrogens with two attached hydrogens (primary N) is 1. The van der Waals surface area contributed by atoms with E-state index in [1.165, 1.54) is 12.1 Å². The monoisotopic (exact) mass is 341 g/mol. The molecule has 0 bridgehead atoms. The largest absolute Gasteiger partial charge is 0.465 e. The molecule has 130 valence electrons. The summed E-state index contributed by atoms with van der Waals surface area (Å²) in [7, 11) is 0. The van der Waals surface area contributed by atoms with Crippen molar-refractivity contribution in [3.05, 3.63) is 59.7 Å². The Balaban J connectivity index is 2.08. The minimum absolute atomic E-state index is 0.274. The Kier molecular flexibility index (Phi) is 4.81. The zero-order valence-electron chi connectivity index (χ0n) is 14.2. The number of hydrogen-bond acceptors (Lipinski definition) is 4. The van der Waals surface area contributed by atoms with Gasteiger partial charge in [0.2, 0.25) is 0 Å². The summed E-state index contributed by atoms with van der Waals surface area (Å²) >= 11 is 0. The molecule has 0 radical (unpaired) electrons. The minimum atomic E-state index is -0.791. The number of nitrogens with zero attached hydrogens (tertiary/aromatic N) is 2. The van der Waals surface area contributed by atoms with E-state index >= 15 is 0 Å². The summed E-state index contributed by atoms with van der Waals surface area (Å²) in [6.45, 7) is 4.01. The second-order valence-electron chi connectivity index (χ2n) is 5.91. The van der Waals surface area contributed by atoms with Gasteiger partial charge in [-0.1, -0.05) is 0 Å². The van der Waals surface area contributed by atoms with Gasteiger partial charge in [-0.2, -0.15) is 0 Å². The number of carbonyl (C=O) groups is 1. The van der Waals surface area contributed by atoms with Gasteiger partial charge in [-0.05, 0) is 55.8 Å². The number of rotatable bonds is 5. The number of halogens is 1. The molecule has 5 nitrogen and oxygen atoms in total. The number of imidazole rings is 1. The number of carbonyl (C=O) groups excluding carboxylic acids is 1. The van der Waals surface area contributed by atoms with E-state index in [9.17, 15) is 9.18 Å². The first kappa shape index (κ1) is 17.1. The van der Waals surface area contributed by atoms with E-state index in [1.807, 2.05) is 29.7 Å². The molecule has 6 heteroatoms. The molecule has 0 amide bonds. The van der Waals surface area contributed by atoms with Crippen LogP contribution in [-0.2, 0) is 16.0 Å². The van der Waals surface area contributed by atoms with Gasteiger partial charge < -0.3 is 14.9 Å². The molecule has 0 saturated heterocycles. The first-order valence-corrected chi connectivity index (χ1v) is 8.15. The summed E-state index contributed by atoms with van der Waals surface area (Å²) in [6.07, 6.45) is 2.17. The van der Waals surface area contributed by atoms with Crippen LogP contribution in [0.25, 0.3) is 16.9 Å². The Labute approximate surface area is 145 Å². The molecule has 25 heavy (non-hydrogen) atoms. The quantitative estimate of drug-likeness (QED) is 0.725. The highest BCUT2D eigenvalue weighted by Crippen LogP contribution is 2.26. The van der Waals surface area contributed by atoms with Crippen molar-refractivity contribution in [2.75, 3.05) is 6.61 Å². The molecule has 1 atom stereocenters. The second kappa shape index (κ2) is 7.03. The van der Waals surface area contributed by atoms with Gasteiger partial charge in [0.25, 0.3) is 0 Å². The van der Waals surface area contributed by atoms with Crippen LogP contribution >= 0.6 is 0 Å². The van der Waals surface area contributed by atoms with Crippen LogP contribution in [0.15, 0.2) is 42.6 Å².